The highest BCUT2D eigenvalue weighted by atomic mass is 16.6. The molecule has 1 aliphatic rings. The van der Waals surface area contributed by atoms with E-state index in [2.05, 4.69) is 35.7 Å². The lowest BCUT2D eigenvalue weighted by Gasteiger charge is -2.18. The molecular formula is C21H26N10O4. The summed E-state index contributed by atoms with van der Waals surface area (Å²) in [5.41, 5.74) is 7.76. The molecule has 4 aromatic rings. The minimum absolute atomic E-state index is 0.116. The van der Waals surface area contributed by atoms with Gasteiger partial charge < -0.3 is 31.1 Å². The number of ether oxygens (including phenoxy) is 1. The van der Waals surface area contributed by atoms with Gasteiger partial charge in [0.15, 0.2) is 23.8 Å². The predicted octanol–water partition coefficient (Wildman–Crippen LogP) is -0.578. The standard InChI is InChI=1S/C21H26N10O4/c1-2-31-28-18(27-29-31)16-14(33)15(34)20(35-16)30-10-23-13-17(22)25-21(26-19(13)30)24-12(9-32)8-11-6-4-3-5-7-11/h3-7,10,12,14-16,20,32-34H,2,8-9H2,1H3,(H3,22,24,25,26)/t12-,14?,15+,16-,20+/m0/s1. The molecule has 6 N–H and O–H groups in total. The van der Waals surface area contributed by atoms with Crippen molar-refractivity contribution in [3.63, 3.8) is 0 Å². The Kier molecular flexibility index (Phi) is 6.25. The molecule has 1 saturated heterocycles. The third-order valence-corrected chi connectivity index (χ3v) is 5.85. The summed E-state index contributed by atoms with van der Waals surface area (Å²) in [6.07, 6.45) is -2.69. The van der Waals surface area contributed by atoms with Crippen LogP contribution >= 0.6 is 0 Å². The van der Waals surface area contributed by atoms with E-state index in [-0.39, 0.29) is 30.2 Å². The van der Waals surface area contributed by atoms with Crippen LogP contribution in [0.3, 0.4) is 0 Å². The third-order valence-electron chi connectivity index (χ3n) is 5.85. The number of nitrogens with zero attached hydrogens (tertiary/aromatic N) is 8. The Morgan fingerprint density at radius 3 is 2.69 bits per heavy atom. The Morgan fingerprint density at radius 1 is 1.17 bits per heavy atom. The highest BCUT2D eigenvalue weighted by Crippen LogP contribution is 2.38. The molecule has 1 aliphatic heterocycles. The van der Waals surface area contributed by atoms with E-state index in [0.29, 0.717) is 24.1 Å². The monoisotopic (exact) mass is 482 g/mol. The number of hydrogen-bond donors (Lipinski definition) is 5. The first-order valence-corrected chi connectivity index (χ1v) is 11.2. The maximum Gasteiger partial charge on any atom is 0.227 e. The number of aromatic nitrogens is 8. The van der Waals surface area contributed by atoms with Gasteiger partial charge in [-0.1, -0.05) is 30.3 Å². The summed E-state index contributed by atoms with van der Waals surface area (Å²) in [6, 6.07) is 9.34. The van der Waals surface area contributed by atoms with Gasteiger partial charge in [-0.25, -0.2) is 4.98 Å². The van der Waals surface area contributed by atoms with Gasteiger partial charge in [-0.15, -0.1) is 10.2 Å². The average Bonchev–Trinajstić information content (AvgIpc) is 3.58. The van der Waals surface area contributed by atoms with Crippen LogP contribution in [0.25, 0.3) is 11.2 Å². The van der Waals surface area contributed by atoms with E-state index in [1.165, 1.54) is 15.7 Å². The van der Waals surface area contributed by atoms with E-state index in [1.54, 1.807) is 0 Å². The van der Waals surface area contributed by atoms with Gasteiger partial charge in [-0.05, 0) is 24.1 Å². The summed E-state index contributed by atoms with van der Waals surface area (Å²) >= 11 is 0. The van der Waals surface area contributed by atoms with Crippen LogP contribution in [0.1, 0.15) is 30.6 Å². The molecule has 5 rings (SSSR count). The number of imidazole rings is 1. The summed E-state index contributed by atoms with van der Waals surface area (Å²) in [4.78, 5) is 14.4. The topological polar surface area (TPSA) is 195 Å². The summed E-state index contributed by atoms with van der Waals surface area (Å²) in [7, 11) is 0. The lowest BCUT2D eigenvalue weighted by atomic mass is 10.1. The molecule has 1 aromatic carbocycles. The van der Waals surface area contributed by atoms with Crippen molar-refractivity contribution < 1.29 is 20.1 Å². The van der Waals surface area contributed by atoms with Crippen molar-refractivity contribution in [1.82, 2.24) is 39.7 Å². The molecule has 1 fully saturated rings. The van der Waals surface area contributed by atoms with Crippen LogP contribution in [0.15, 0.2) is 36.7 Å². The largest absolute Gasteiger partial charge is 0.394 e. The SMILES string of the molecule is CCn1nnc([C@H]2O[C@@H](n3cnc4c(N)nc(N[C@H](CO)Cc5ccccc5)nc43)[C@H](O)C2O)n1. The quantitative estimate of drug-likeness (QED) is 0.215. The molecule has 4 heterocycles. The number of benzene rings is 1. The summed E-state index contributed by atoms with van der Waals surface area (Å²) in [6.45, 7) is 2.20. The summed E-state index contributed by atoms with van der Waals surface area (Å²) in [5, 5.41) is 46.3. The van der Waals surface area contributed by atoms with Crippen molar-refractivity contribution in [2.24, 2.45) is 0 Å². The number of nitrogens with two attached hydrogens (primary N) is 1. The van der Waals surface area contributed by atoms with Gasteiger partial charge in [-0.3, -0.25) is 4.57 Å². The number of tetrazole rings is 1. The number of aliphatic hydroxyl groups excluding tert-OH is 3. The van der Waals surface area contributed by atoms with Crippen LogP contribution in [-0.2, 0) is 17.7 Å². The van der Waals surface area contributed by atoms with Crippen molar-refractivity contribution in [2.45, 2.75) is 50.5 Å². The minimum atomic E-state index is -1.32. The number of aliphatic hydroxyl groups is 3. The van der Waals surface area contributed by atoms with Crippen LogP contribution < -0.4 is 11.1 Å². The molecule has 14 heteroatoms. The van der Waals surface area contributed by atoms with Crippen molar-refractivity contribution >= 4 is 22.9 Å². The first kappa shape index (κ1) is 23.0. The molecule has 0 amide bonds. The van der Waals surface area contributed by atoms with E-state index in [1.807, 2.05) is 37.3 Å². The zero-order valence-corrected chi connectivity index (χ0v) is 18.9. The van der Waals surface area contributed by atoms with Crippen LogP contribution in [0.4, 0.5) is 11.8 Å². The van der Waals surface area contributed by atoms with Gasteiger partial charge >= 0.3 is 0 Å². The average molecular weight is 483 g/mol. The maximum atomic E-state index is 10.7. The zero-order chi connectivity index (χ0) is 24.5. The molecule has 35 heavy (non-hydrogen) atoms. The fourth-order valence-electron chi connectivity index (χ4n) is 4.04. The predicted molar refractivity (Wildman–Crippen MR) is 123 cm³/mol. The normalized spacial score (nSPS) is 23.1. The molecule has 0 bridgehead atoms. The Labute approximate surface area is 199 Å². The van der Waals surface area contributed by atoms with Gasteiger partial charge in [0.25, 0.3) is 0 Å². The van der Waals surface area contributed by atoms with Crippen LogP contribution in [0, 0.1) is 0 Å². The molecule has 14 nitrogen and oxygen atoms in total. The highest BCUT2D eigenvalue weighted by Gasteiger charge is 2.47. The molecular weight excluding hydrogens is 456 g/mol. The number of rotatable bonds is 8. The number of fused-ring (bicyclic) bond motifs is 1. The van der Waals surface area contributed by atoms with Gasteiger partial charge in [0.05, 0.1) is 25.5 Å². The first-order chi connectivity index (χ1) is 17.0. The van der Waals surface area contributed by atoms with Gasteiger partial charge in [-0.2, -0.15) is 14.8 Å². The van der Waals surface area contributed by atoms with Crippen molar-refractivity contribution in [2.75, 3.05) is 17.7 Å². The maximum absolute atomic E-state index is 10.7. The number of anilines is 2. The van der Waals surface area contributed by atoms with E-state index >= 15 is 0 Å². The second kappa shape index (κ2) is 9.50. The molecule has 0 saturated carbocycles. The Hall–Kier alpha value is -3.72. The zero-order valence-electron chi connectivity index (χ0n) is 18.9. The van der Waals surface area contributed by atoms with Gasteiger partial charge in [0.1, 0.15) is 17.7 Å². The second-order valence-electron chi connectivity index (χ2n) is 8.23. The highest BCUT2D eigenvalue weighted by molar-refractivity contribution is 5.83. The Morgan fingerprint density at radius 2 is 1.97 bits per heavy atom. The van der Waals surface area contributed by atoms with E-state index < -0.39 is 24.5 Å². The minimum Gasteiger partial charge on any atom is -0.394 e. The number of hydrogen-bond acceptors (Lipinski definition) is 12. The van der Waals surface area contributed by atoms with Crippen molar-refractivity contribution in [3.8, 4) is 0 Å². The lowest BCUT2D eigenvalue weighted by molar-refractivity contribution is -0.0384. The van der Waals surface area contributed by atoms with E-state index in [0.717, 1.165) is 5.56 Å². The second-order valence-corrected chi connectivity index (χ2v) is 8.23. The van der Waals surface area contributed by atoms with Crippen LogP contribution in [-0.4, -0.2) is 79.9 Å². The molecule has 1 unspecified atom stereocenters. The third kappa shape index (κ3) is 4.39. The summed E-state index contributed by atoms with van der Waals surface area (Å²) < 4.78 is 7.40. The molecule has 184 valence electrons. The van der Waals surface area contributed by atoms with Crippen LogP contribution in [0.5, 0.6) is 0 Å². The van der Waals surface area contributed by atoms with Gasteiger partial charge in [0, 0.05) is 0 Å². The molecule has 5 atom stereocenters. The first-order valence-electron chi connectivity index (χ1n) is 11.2. The smallest absolute Gasteiger partial charge is 0.227 e. The number of nitrogens with one attached hydrogen (secondary N) is 1. The number of aryl methyl sites for hydroxylation is 1. The Bertz CT molecular complexity index is 1300. The Balaban J connectivity index is 1.42. The van der Waals surface area contributed by atoms with Crippen molar-refractivity contribution in [1.29, 1.82) is 0 Å². The van der Waals surface area contributed by atoms with Gasteiger partial charge in [0.2, 0.25) is 11.8 Å². The van der Waals surface area contributed by atoms with E-state index in [9.17, 15) is 15.3 Å². The van der Waals surface area contributed by atoms with Crippen LogP contribution in [0.2, 0.25) is 0 Å². The fraction of sp³-hybridized carbons (Fsp3) is 0.429. The summed E-state index contributed by atoms with van der Waals surface area (Å²) in [5.74, 6) is 0.460. The fourth-order valence-corrected chi connectivity index (χ4v) is 4.04. The molecule has 0 aliphatic carbocycles. The molecule has 0 spiro atoms. The lowest BCUT2D eigenvalue weighted by Crippen LogP contribution is -2.29. The molecule has 3 aromatic heterocycles. The molecule has 0 radical (unpaired) electrons. The van der Waals surface area contributed by atoms with E-state index in [4.69, 9.17) is 10.5 Å². The van der Waals surface area contributed by atoms with Crippen molar-refractivity contribution in [3.05, 3.63) is 48.0 Å². The number of nitrogen functional groups attached to an aromatic ring is 1.